The molecule has 0 aliphatic heterocycles. The van der Waals surface area contributed by atoms with Gasteiger partial charge in [-0.05, 0) is 42.5 Å². The van der Waals surface area contributed by atoms with Gasteiger partial charge in [0, 0.05) is 39.4 Å². The number of halogens is 1. The van der Waals surface area contributed by atoms with Gasteiger partial charge in [-0.3, -0.25) is 14.4 Å². The Kier molecular flexibility index (Phi) is 7.77. The van der Waals surface area contributed by atoms with Crippen LogP contribution in [0.15, 0.2) is 47.4 Å². The van der Waals surface area contributed by atoms with E-state index in [9.17, 15) is 22.8 Å². The molecule has 0 aliphatic rings. The topological polar surface area (TPSA) is 116 Å². The van der Waals surface area contributed by atoms with Crippen molar-refractivity contribution in [2.24, 2.45) is 0 Å². The normalized spacial score (nSPS) is 11.2. The average molecular weight is 467 g/mol. The summed E-state index contributed by atoms with van der Waals surface area (Å²) < 4.78 is 26.3. The molecule has 0 saturated carbocycles. The SMILES string of the molecule is CC(=O)Nc1ccc(S(=O)(=O)N(C)CC(=O)Nc2ccc(C(=O)N(C)C)c(Cl)c2)cc1. The summed E-state index contributed by atoms with van der Waals surface area (Å²) in [5, 5.41) is 5.27. The number of amides is 3. The first-order valence-corrected chi connectivity index (χ1v) is 10.9. The zero-order valence-corrected chi connectivity index (χ0v) is 19.0. The van der Waals surface area contributed by atoms with E-state index in [1.807, 2.05) is 0 Å². The summed E-state index contributed by atoms with van der Waals surface area (Å²) in [6.45, 7) is 0.906. The molecule has 9 nitrogen and oxygen atoms in total. The molecule has 3 amide bonds. The molecule has 0 unspecified atom stereocenters. The van der Waals surface area contributed by atoms with Crippen LogP contribution >= 0.6 is 11.6 Å². The van der Waals surface area contributed by atoms with Crippen molar-refractivity contribution < 1.29 is 22.8 Å². The molecule has 0 bridgehead atoms. The number of carbonyl (C=O) groups is 3. The number of nitrogens with one attached hydrogen (secondary N) is 2. The van der Waals surface area contributed by atoms with E-state index in [0.717, 1.165) is 4.31 Å². The number of hydrogen-bond donors (Lipinski definition) is 2. The number of likely N-dealkylation sites (N-methyl/N-ethyl adjacent to an activating group) is 1. The maximum atomic E-state index is 12.7. The molecular formula is C20H23ClN4O5S. The van der Waals surface area contributed by atoms with E-state index in [0.29, 0.717) is 11.4 Å². The zero-order chi connectivity index (χ0) is 23.3. The van der Waals surface area contributed by atoms with Gasteiger partial charge in [-0.25, -0.2) is 8.42 Å². The lowest BCUT2D eigenvalue weighted by molar-refractivity contribution is -0.116. The number of hydrogen-bond acceptors (Lipinski definition) is 5. The minimum absolute atomic E-state index is 0.0218. The predicted octanol–water partition coefficient (Wildman–Crippen LogP) is 2.26. The molecule has 2 rings (SSSR count). The summed E-state index contributed by atoms with van der Waals surface area (Å²) in [4.78, 5) is 36.8. The van der Waals surface area contributed by atoms with Gasteiger partial charge in [-0.1, -0.05) is 11.6 Å². The second kappa shape index (κ2) is 9.90. The Morgan fingerprint density at radius 2 is 1.52 bits per heavy atom. The molecule has 0 fully saturated rings. The minimum Gasteiger partial charge on any atom is -0.345 e. The van der Waals surface area contributed by atoms with Crippen molar-refractivity contribution in [2.45, 2.75) is 11.8 Å². The largest absolute Gasteiger partial charge is 0.345 e. The third kappa shape index (κ3) is 6.27. The number of rotatable bonds is 7. The lowest BCUT2D eigenvalue weighted by Crippen LogP contribution is -2.35. The zero-order valence-electron chi connectivity index (χ0n) is 17.5. The summed E-state index contributed by atoms with van der Waals surface area (Å²) in [7, 11) is 0.547. The Bertz CT molecular complexity index is 1100. The fourth-order valence-electron chi connectivity index (χ4n) is 2.59. The first-order valence-electron chi connectivity index (χ1n) is 9.07. The van der Waals surface area contributed by atoms with Gasteiger partial charge in [-0.15, -0.1) is 0 Å². The molecule has 0 aromatic heterocycles. The molecule has 2 N–H and O–H groups in total. The van der Waals surface area contributed by atoms with Crippen LogP contribution in [0.1, 0.15) is 17.3 Å². The quantitative estimate of drug-likeness (QED) is 0.649. The van der Waals surface area contributed by atoms with Crippen LogP contribution in [0, 0.1) is 0 Å². The monoisotopic (exact) mass is 466 g/mol. The fraction of sp³-hybridized carbons (Fsp3) is 0.250. The third-order valence-corrected chi connectivity index (χ3v) is 6.27. The van der Waals surface area contributed by atoms with Crippen molar-refractivity contribution in [3.05, 3.63) is 53.1 Å². The van der Waals surface area contributed by atoms with E-state index in [1.165, 1.54) is 61.3 Å². The summed E-state index contributed by atoms with van der Waals surface area (Å²) >= 11 is 6.12. The van der Waals surface area contributed by atoms with E-state index in [-0.39, 0.29) is 27.3 Å². The van der Waals surface area contributed by atoms with Gasteiger partial charge < -0.3 is 15.5 Å². The highest BCUT2D eigenvalue weighted by atomic mass is 35.5. The van der Waals surface area contributed by atoms with Crippen LogP contribution in [0.3, 0.4) is 0 Å². The molecule has 0 atom stereocenters. The van der Waals surface area contributed by atoms with E-state index in [1.54, 1.807) is 14.1 Å². The fourth-order valence-corrected chi connectivity index (χ4v) is 3.98. The van der Waals surface area contributed by atoms with E-state index >= 15 is 0 Å². The summed E-state index contributed by atoms with van der Waals surface area (Å²) in [6.07, 6.45) is 0. The first-order chi connectivity index (χ1) is 14.4. The van der Waals surface area contributed by atoms with Gasteiger partial charge in [0.05, 0.1) is 22.0 Å². The van der Waals surface area contributed by atoms with Crippen molar-refractivity contribution in [1.29, 1.82) is 0 Å². The van der Waals surface area contributed by atoms with Crippen LogP contribution in [0.4, 0.5) is 11.4 Å². The molecule has 0 saturated heterocycles. The Balaban J connectivity index is 2.07. The van der Waals surface area contributed by atoms with Crippen LogP contribution in [0.5, 0.6) is 0 Å². The Morgan fingerprint density at radius 3 is 2.03 bits per heavy atom. The first kappa shape index (κ1) is 24.3. The number of sulfonamides is 1. The van der Waals surface area contributed by atoms with Crippen LogP contribution in [-0.2, 0) is 19.6 Å². The maximum Gasteiger partial charge on any atom is 0.254 e. The maximum absolute atomic E-state index is 12.7. The molecule has 0 radical (unpaired) electrons. The second-order valence-electron chi connectivity index (χ2n) is 6.91. The lowest BCUT2D eigenvalue weighted by atomic mass is 10.2. The van der Waals surface area contributed by atoms with Crippen molar-refractivity contribution >= 4 is 50.7 Å². The second-order valence-corrected chi connectivity index (χ2v) is 9.36. The summed E-state index contributed by atoms with van der Waals surface area (Å²) in [5.74, 6) is -1.13. The molecule has 11 heteroatoms. The molecule has 0 heterocycles. The van der Waals surface area contributed by atoms with Gasteiger partial charge >= 0.3 is 0 Å². The van der Waals surface area contributed by atoms with Gasteiger partial charge in [0.25, 0.3) is 5.91 Å². The molecule has 31 heavy (non-hydrogen) atoms. The van der Waals surface area contributed by atoms with Crippen molar-refractivity contribution in [3.63, 3.8) is 0 Å². The molecule has 2 aromatic carbocycles. The lowest BCUT2D eigenvalue weighted by Gasteiger charge is -2.17. The van der Waals surface area contributed by atoms with E-state index < -0.39 is 22.5 Å². The Labute approximate surface area is 186 Å². The van der Waals surface area contributed by atoms with Crippen molar-refractivity contribution in [3.8, 4) is 0 Å². The Hall–Kier alpha value is -2.95. The number of carbonyl (C=O) groups excluding carboxylic acids is 3. The van der Waals surface area contributed by atoms with Crippen molar-refractivity contribution in [1.82, 2.24) is 9.21 Å². The van der Waals surface area contributed by atoms with Crippen LogP contribution in [0.25, 0.3) is 0 Å². The van der Waals surface area contributed by atoms with Crippen LogP contribution in [0.2, 0.25) is 5.02 Å². The predicted molar refractivity (Wildman–Crippen MR) is 119 cm³/mol. The molecule has 0 aliphatic carbocycles. The van der Waals surface area contributed by atoms with Gasteiger partial charge in [0.15, 0.2) is 0 Å². The number of nitrogens with zero attached hydrogens (tertiary/aromatic N) is 2. The highest BCUT2D eigenvalue weighted by Gasteiger charge is 2.23. The van der Waals surface area contributed by atoms with E-state index in [4.69, 9.17) is 11.6 Å². The standard InChI is InChI=1S/C20H23ClN4O5S/c1-13(26)22-14-5-8-16(9-6-14)31(29,30)25(4)12-19(27)23-15-7-10-17(18(21)11-15)20(28)24(2)3/h5-11H,12H2,1-4H3,(H,22,26)(H,23,27). The summed E-state index contributed by atoms with van der Waals surface area (Å²) in [5.41, 5.74) is 1.07. The van der Waals surface area contributed by atoms with Gasteiger partial charge in [0.2, 0.25) is 21.8 Å². The minimum atomic E-state index is -3.92. The molecule has 0 spiro atoms. The average Bonchev–Trinajstić information content (AvgIpc) is 2.67. The molecule has 2 aromatic rings. The molecular weight excluding hydrogens is 444 g/mol. The molecule has 166 valence electrons. The van der Waals surface area contributed by atoms with Crippen LogP contribution in [-0.4, -0.2) is 63.0 Å². The van der Waals surface area contributed by atoms with Crippen LogP contribution < -0.4 is 10.6 Å². The highest BCUT2D eigenvalue weighted by molar-refractivity contribution is 7.89. The summed E-state index contributed by atoms with van der Waals surface area (Å²) in [6, 6.07) is 10.0. The third-order valence-electron chi connectivity index (χ3n) is 4.14. The number of anilines is 2. The van der Waals surface area contributed by atoms with E-state index in [2.05, 4.69) is 10.6 Å². The number of benzene rings is 2. The van der Waals surface area contributed by atoms with Gasteiger partial charge in [0.1, 0.15) is 0 Å². The highest BCUT2D eigenvalue weighted by Crippen LogP contribution is 2.22. The smallest absolute Gasteiger partial charge is 0.254 e. The van der Waals surface area contributed by atoms with Crippen molar-refractivity contribution in [2.75, 3.05) is 38.3 Å². The van der Waals surface area contributed by atoms with Gasteiger partial charge in [-0.2, -0.15) is 4.31 Å². The Morgan fingerprint density at radius 1 is 0.935 bits per heavy atom.